The summed E-state index contributed by atoms with van der Waals surface area (Å²) in [5.74, 6) is 0. The van der Waals surface area contributed by atoms with Gasteiger partial charge in [-0.15, -0.1) is 0 Å². The predicted molar refractivity (Wildman–Crippen MR) is 72.9 cm³/mol. The first kappa shape index (κ1) is 12.3. The van der Waals surface area contributed by atoms with Crippen molar-refractivity contribution in [3.63, 3.8) is 0 Å². The predicted octanol–water partition coefficient (Wildman–Crippen LogP) is 2.80. The van der Waals surface area contributed by atoms with E-state index in [-0.39, 0.29) is 0 Å². The highest BCUT2D eigenvalue weighted by atomic mass is 79.9. The molecule has 0 bridgehead atoms. The molecule has 4 heteroatoms. The molecule has 0 atom stereocenters. The summed E-state index contributed by atoms with van der Waals surface area (Å²) in [5.41, 5.74) is 2.64. The van der Waals surface area contributed by atoms with Crippen molar-refractivity contribution in [1.82, 2.24) is 15.1 Å². The molecule has 0 aliphatic heterocycles. The third-order valence-corrected chi connectivity index (χ3v) is 3.03. The molecule has 1 aromatic carbocycles. The van der Waals surface area contributed by atoms with Gasteiger partial charge in [-0.05, 0) is 33.6 Å². The van der Waals surface area contributed by atoms with E-state index in [0.29, 0.717) is 0 Å². The lowest BCUT2D eigenvalue weighted by molar-refractivity contribution is 0.666. The molecule has 90 valence electrons. The van der Waals surface area contributed by atoms with Crippen LogP contribution in [0.2, 0.25) is 0 Å². The normalized spacial score (nSPS) is 10.7. The van der Waals surface area contributed by atoms with Crippen LogP contribution in [0, 0.1) is 0 Å². The summed E-state index contributed by atoms with van der Waals surface area (Å²) in [4.78, 5) is 0. The standard InChI is InChI=1S/C13H16BrN3/c1-2-15-7-11-5-3-4-6-12(11)9-17-10-13(14)8-16-17/h3-6,8,10,15H,2,7,9H2,1H3. The maximum atomic E-state index is 4.28. The van der Waals surface area contributed by atoms with E-state index in [4.69, 9.17) is 0 Å². The molecule has 17 heavy (non-hydrogen) atoms. The van der Waals surface area contributed by atoms with E-state index in [1.54, 1.807) is 0 Å². The Kier molecular flexibility index (Phi) is 4.34. The van der Waals surface area contributed by atoms with Crippen LogP contribution in [-0.2, 0) is 13.1 Å². The molecule has 0 saturated heterocycles. The Labute approximate surface area is 110 Å². The Morgan fingerprint density at radius 3 is 2.71 bits per heavy atom. The summed E-state index contributed by atoms with van der Waals surface area (Å²) in [5, 5.41) is 7.64. The van der Waals surface area contributed by atoms with E-state index < -0.39 is 0 Å². The number of aromatic nitrogens is 2. The molecule has 2 aromatic rings. The zero-order valence-corrected chi connectivity index (χ0v) is 11.4. The largest absolute Gasteiger partial charge is 0.313 e. The van der Waals surface area contributed by atoms with E-state index in [1.807, 2.05) is 17.1 Å². The monoisotopic (exact) mass is 293 g/mol. The second kappa shape index (κ2) is 5.98. The molecule has 0 amide bonds. The molecule has 1 aromatic heterocycles. The van der Waals surface area contributed by atoms with Crippen molar-refractivity contribution in [2.45, 2.75) is 20.0 Å². The van der Waals surface area contributed by atoms with Gasteiger partial charge in [0.2, 0.25) is 0 Å². The summed E-state index contributed by atoms with van der Waals surface area (Å²) >= 11 is 3.41. The SMILES string of the molecule is CCNCc1ccccc1Cn1cc(Br)cn1. The zero-order valence-electron chi connectivity index (χ0n) is 9.86. The van der Waals surface area contributed by atoms with Crippen molar-refractivity contribution in [1.29, 1.82) is 0 Å². The van der Waals surface area contributed by atoms with Gasteiger partial charge in [-0.25, -0.2) is 0 Å². The van der Waals surface area contributed by atoms with Crippen molar-refractivity contribution in [2.24, 2.45) is 0 Å². The van der Waals surface area contributed by atoms with Gasteiger partial charge in [-0.2, -0.15) is 5.10 Å². The molecule has 0 aliphatic carbocycles. The van der Waals surface area contributed by atoms with Gasteiger partial charge in [0, 0.05) is 12.7 Å². The van der Waals surface area contributed by atoms with Gasteiger partial charge >= 0.3 is 0 Å². The van der Waals surface area contributed by atoms with Gasteiger partial charge in [-0.1, -0.05) is 31.2 Å². The Balaban J connectivity index is 2.14. The van der Waals surface area contributed by atoms with Crippen LogP contribution in [0.1, 0.15) is 18.1 Å². The van der Waals surface area contributed by atoms with Crippen molar-refractivity contribution in [2.75, 3.05) is 6.54 Å². The molecular formula is C13H16BrN3. The Hall–Kier alpha value is -1.13. The van der Waals surface area contributed by atoms with Crippen molar-refractivity contribution in [3.8, 4) is 0 Å². The Bertz CT molecular complexity index is 479. The third-order valence-electron chi connectivity index (χ3n) is 2.62. The average Bonchev–Trinajstić information content (AvgIpc) is 2.74. The van der Waals surface area contributed by atoms with Crippen LogP contribution in [0.4, 0.5) is 0 Å². The van der Waals surface area contributed by atoms with Gasteiger partial charge in [0.15, 0.2) is 0 Å². The highest BCUT2D eigenvalue weighted by Crippen LogP contribution is 2.12. The number of nitrogens with one attached hydrogen (secondary N) is 1. The highest BCUT2D eigenvalue weighted by Gasteiger charge is 2.03. The molecule has 0 radical (unpaired) electrons. The van der Waals surface area contributed by atoms with Crippen LogP contribution in [0.25, 0.3) is 0 Å². The van der Waals surface area contributed by atoms with Gasteiger partial charge in [0.25, 0.3) is 0 Å². The number of hydrogen-bond acceptors (Lipinski definition) is 2. The Morgan fingerprint density at radius 1 is 1.29 bits per heavy atom. The number of rotatable bonds is 5. The summed E-state index contributed by atoms with van der Waals surface area (Å²) in [6.45, 7) is 4.83. The fourth-order valence-corrected chi connectivity index (χ4v) is 2.07. The summed E-state index contributed by atoms with van der Waals surface area (Å²) in [6, 6.07) is 8.47. The fourth-order valence-electron chi connectivity index (χ4n) is 1.74. The topological polar surface area (TPSA) is 29.9 Å². The fraction of sp³-hybridized carbons (Fsp3) is 0.308. The molecule has 0 spiro atoms. The molecule has 0 unspecified atom stereocenters. The summed E-state index contributed by atoms with van der Waals surface area (Å²) in [7, 11) is 0. The molecule has 2 rings (SSSR count). The molecule has 1 N–H and O–H groups in total. The van der Waals surface area contributed by atoms with Crippen LogP contribution >= 0.6 is 15.9 Å². The third kappa shape index (κ3) is 3.41. The quantitative estimate of drug-likeness (QED) is 0.919. The maximum Gasteiger partial charge on any atom is 0.0662 e. The highest BCUT2D eigenvalue weighted by molar-refractivity contribution is 9.10. The lowest BCUT2D eigenvalue weighted by atomic mass is 10.1. The summed E-state index contributed by atoms with van der Waals surface area (Å²) < 4.78 is 2.95. The molecule has 0 aliphatic rings. The number of benzene rings is 1. The van der Waals surface area contributed by atoms with Crippen LogP contribution in [-0.4, -0.2) is 16.3 Å². The first-order chi connectivity index (χ1) is 8.29. The lowest BCUT2D eigenvalue weighted by Gasteiger charge is -2.09. The van der Waals surface area contributed by atoms with Crippen LogP contribution in [0.5, 0.6) is 0 Å². The first-order valence-corrected chi connectivity index (χ1v) is 6.54. The first-order valence-electron chi connectivity index (χ1n) is 5.75. The number of nitrogens with zero attached hydrogens (tertiary/aromatic N) is 2. The minimum absolute atomic E-state index is 0.813. The lowest BCUT2D eigenvalue weighted by Crippen LogP contribution is -2.14. The number of hydrogen-bond donors (Lipinski definition) is 1. The van der Waals surface area contributed by atoms with Crippen LogP contribution in [0.3, 0.4) is 0 Å². The Morgan fingerprint density at radius 2 is 2.06 bits per heavy atom. The van der Waals surface area contributed by atoms with Crippen molar-refractivity contribution in [3.05, 3.63) is 52.3 Å². The minimum atomic E-state index is 0.813. The van der Waals surface area contributed by atoms with E-state index in [2.05, 4.69) is 57.5 Å². The summed E-state index contributed by atoms with van der Waals surface area (Å²) in [6.07, 6.45) is 3.80. The van der Waals surface area contributed by atoms with Crippen LogP contribution in [0.15, 0.2) is 41.1 Å². The smallest absolute Gasteiger partial charge is 0.0662 e. The van der Waals surface area contributed by atoms with Crippen molar-refractivity contribution < 1.29 is 0 Å². The molecule has 0 fully saturated rings. The second-order valence-electron chi connectivity index (χ2n) is 3.91. The molecule has 3 nitrogen and oxygen atoms in total. The van der Waals surface area contributed by atoms with E-state index >= 15 is 0 Å². The van der Waals surface area contributed by atoms with E-state index in [9.17, 15) is 0 Å². The molecule has 1 heterocycles. The van der Waals surface area contributed by atoms with Gasteiger partial charge in [-0.3, -0.25) is 4.68 Å². The van der Waals surface area contributed by atoms with Gasteiger partial charge < -0.3 is 5.32 Å². The molecular weight excluding hydrogens is 278 g/mol. The minimum Gasteiger partial charge on any atom is -0.313 e. The second-order valence-corrected chi connectivity index (χ2v) is 4.82. The zero-order chi connectivity index (χ0) is 12.1. The van der Waals surface area contributed by atoms with Gasteiger partial charge in [0.05, 0.1) is 17.2 Å². The van der Waals surface area contributed by atoms with Crippen molar-refractivity contribution >= 4 is 15.9 Å². The maximum absolute atomic E-state index is 4.28. The van der Waals surface area contributed by atoms with Crippen LogP contribution < -0.4 is 5.32 Å². The van der Waals surface area contributed by atoms with Gasteiger partial charge in [0.1, 0.15) is 0 Å². The van der Waals surface area contributed by atoms with E-state index in [0.717, 1.165) is 24.1 Å². The van der Waals surface area contributed by atoms with E-state index in [1.165, 1.54) is 11.1 Å². The molecule has 0 saturated carbocycles. The number of halogens is 1. The average molecular weight is 294 g/mol.